The lowest BCUT2D eigenvalue weighted by molar-refractivity contribution is -0.120. The largest absolute Gasteiger partial charge is 0.493 e. The van der Waals surface area contributed by atoms with Crippen molar-refractivity contribution >= 4 is 17.5 Å². The molecule has 0 aromatic heterocycles. The van der Waals surface area contributed by atoms with Crippen molar-refractivity contribution in [1.29, 1.82) is 0 Å². The van der Waals surface area contributed by atoms with Crippen LogP contribution in [-0.4, -0.2) is 26.0 Å². The first-order valence-electron chi connectivity index (χ1n) is 5.24. The van der Waals surface area contributed by atoms with Crippen molar-refractivity contribution in [3.05, 3.63) is 23.8 Å². The number of alkyl halides is 1. The number of hydrogen-bond donors (Lipinski definition) is 1. The zero-order chi connectivity index (χ0) is 12.7. The Morgan fingerprint density at radius 2 is 2.00 bits per heavy atom. The van der Waals surface area contributed by atoms with Crippen molar-refractivity contribution in [3.8, 4) is 11.5 Å². The topological polar surface area (TPSA) is 47.6 Å². The molecule has 0 atom stereocenters. The van der Waals surface area contributed by atoms with Gasteiger partial charge in [-0.05, 0) is 17.7 Å². The molecule has 1 aromatic rings. The molecular weight excluding hydrogens is 242 g/mol. The molecule has 94 valence electrons. The van der Waals surface area contributed by atoms with Gasteiger partial charge in [-0.15, -0.1) is 11.6 Å². The first kappa shape index (κ1) is 13.6. The molecule has 1 amide bonds. The van der Waals surface area contributed by atoms with E-state index in [-0.39, 0.29) is 5.91 Å². The van der Waals surface area contributed by atoms with E-state index in [1.165, 1.54) is 0 Å². The Balaban J connectivity index is 2.63. The van der Waals surface area contributed by atoms with Crippen molar-refractivity contribution in [2.24, 2.45) is 0 Å². The molecule has 0 fully saturated rings. The number of ether oxygens (including phenoxy) is 2. The molecule has 0 aliphatic rings. The second-order valence-corrected chi connectivity index (χ2v) is 3.78. The van der Waals surface area contributed by atoms with Gasteiger partial charge >= 0.3 is 0 Å². The van der Waals surface area contributed by atoms with Gasteiger partial charge in [-0.2, -0.15) is 0 Å². The highest BCUT2D eigenvalue weighted by Crippen LogP contribution is 2.27. The summed E-state index contributed by atoms with van der Waals surface area (Å²) in [5.41, 5.74) is 0.950. The summed E-state index contributed by atoms with van der Waals surface area (Å²) in [7, 11) is 3.16. The number of rotatable bonds is 6. The van der Waals surface area contributed by atoms with Crippen molar-refractivity contribution in [3.63, 3.8) is 0 Å². The van der Waals surface area contributed by atoms with Gasteiger partial charge in [-0.3, -0.25) is 4.79 Å². The zero-order valence-electron chi connectivity index (χ0n) is 9.96. The number of nitrogens with one attached hydrogen (secondary N) is 1. The van der Waals surface area contributed by atoms with E-state index in [1.807, 2.05) is 18.2 Å². The van der Waals surface area contributed by atoms with Gasteiger partial charge in [0.05, 0.1) is 14.2 Å². The fraction of sp³-hybridized carbons (Fsp3) is 0.417. The van der Waals surface area contributed by atoms with Crippen LogP contribution >= 0.6 is 11.6 Å². The molecule has 0 saturated carbocycles. The Labute approximate surface area is 106 Å². The normalized spacial score (nSPS) is 9.82. The minimum absolute atomic E-state index is 0.0604. The van der Waals surface area contributed by atoms with Gasteiger partial charge in [0.1, 0.15) is 0 Å². The van der Waals surface area contributed by atoms with E-state index < -0.39 is 0 Å². The lowest BCUT2D eigenvalue weighted by Gasteiger charge is -2.10. The van der Waals surface area contributed by atoms with Crippen LogP contribution in [0.25, 0.3) is 0 Å². The molecule has 4 nitrogen and oxygen atoms in total. The van der Waals surface area contributed by atoms with Crippen molar-refractivity contribution in [1.82, 2.24) is 5.32 Å². The molecule has 5 heteroatoms. The van der Waals surface area contributed by atoms with Crippen LogP contribution in [0.1, 0.15) is 12.0 Å². The number of carbonyl (C=O) groups is 1. The summed E-state index contributed by atoms with van der Waals surface area (Å²) < 4.78 is 10.3. The van der Waals surface area contributed by atoms with Gasteiger partial charge < -0.3 is 14.8 Å². The maximum absolute atomic E-state index is 11.2. The van der Waals surface area contributed by atoms with E-state index in [2.05, 4.69) is 5.32 Å². The number of methoxy groups -OCH3 is 2. The average Bonchev–Trinajstić information content (AvgIpc) is 2.36. The molecule has 0 bridgehead atoms. The van der Waals surface area contributed by atoms with Crippen LogP contribution in [0.3, 0.4) is 0 Å². The molecule has 1 N–H and O–H groups in total. The van der Waals surface area contributed by atoms with Crippen molar-refractivity contribution in [2.45, 2.75) is 13.0 Å². The van der Waals surface area contributed by atoms with Crippen LogP contribution < -0.4 is 14.8 Å². The fourth-order valence-corrected chi connectivity index (χ4v) is 1.54. The Morgan fingerprint density at radius 1 is 1.29 bits per heavy atom. The Morgan fingerprint density at radius 3 is 2.59 bits per heavy atom. The van der Waals surface area contributed by atoms with Crippen LogP contribution in [0.4, 0.5) is 0 Å². The van der Waals surface area contributed by atoms with Crippen molar-refractivity contribution in [2.75, 3.05) is 20.1 Å². The summed E-state index contributed by atoms with van der Waals surface area (Å²) in [5.74, 6) is 1.59. The first-order valence-corrected chi connectivity index (χ1v) is 5.78. The lowest BCUT2D eigenvalue weighted by atomic mass is 10.2. The highest BCUT2D eigenvalue weighted by Gasteiger charge is 2.05. The Kier molecular flexibility index (Phi) is 5.63. The summed E-state index contributed by atoms with van der Waals surface area (Å²) in [5, 5.41) is 2.77. The number of halogens is 1. The average molecular weight is 258 g/mol. The second-order valence-electron chi connectivity index (χ2n) is 3.41. The maximum atomic E-state index is 11.2. The Hall–Kier alpha value is -1.42. The molecule has 0 heterocycles. The first-order chi connectivity index (χ1) is 8.21. The van der Waals surface area contributed by atoms with Gasteiger partial charge in [0, 0.05) is 18.8 Å². The van der Waals surface area contributed by atoms with E-state index in [0.717, 1.165) is 5.56 Å². The van der Waals surface area contributed by atoms with Gasteiger partial charge in [0.25, 0.3) is 0 Å². The van der Waals surface area contributed by atoms with Crippen LogP contribution in [0, 0.1) is 0 Å². The van der Waals surface area contributed by atoms with E-state index in [9.17, 15) is 4.79 Å². The summed E-state index contributed by atoms with van der Waals surface area (Å²) >= 11 is 5.47. The molecule has 0 saturated heterocycles. The SMILES string of the molecule is COc1ccc(CNC(=O)CCCl)cc1OC. The van der Waals surface area contributed by atoms with Crippen LogP contribution in [0.5, 0.6) is 11.5 Å². The minimum Gasteiger partial charge on any atom is -0.493 e. The van der Waals surface area contributed by atoms with E-state index >= 15 is 0 Å². The van der Waals surface area contributed by atoms with Gasteiger partial charge in [-0.1, -0.05) is 6.07 Å². The molecule has 0 radical (unpaired) electrons. The molecule has 0 aliphatic heterocycles. The molecule has 1 rings (SSSR count). The number of hydrogen-bond acceptors (Lipinski definition) is 3. The number of amides is 1. The maximum Gasteiger partial charge on any atom is 0.221 e. The summed E-state index contributed by atoms with van der Waals surface area (Å²) in [6.07, 6.45) is 0.328. The minimum atomic E-state index is -0.0604. The van der Waals surface area contributed by atoms with E-state index in [1.54, 1.807) is 14.2 Å². The molecule has 0 unspecified atom stereocenters. The molecule has 0 spiro atoms. The number of carbonyl (C=O) groups excluding carboxylic acids is 1. The smallest absolute Gasteiger partial charge is 0.221 e. The van der Waals surface area contributed by atoms with Crippen molar-refractivity contribution < 1.29 is 14.3 Å². The molecule has 17 heavy (non-hydrogen) atoms. The van der Waals surface area contributed by atoms with Gasteiger partial charge in [-0.25, -0.2) is 0 Å². The van der Waals surface area contributed by atoms with Gasteiger partial charge in [0.2, 0.25) is 5.91 Å². The highest BCUT2D eigenvalue weighted by molar-refractivity contribution is 6.18. The van der Waals surface area contributed by atoms with Crippen LogP contribution in [0.15, 0.2) is 18.2 Å². The quantitative estimate of drug-likeness (QED) is 0.793. The van der Waals surface area contributed by atoms with Crippen LogP contribution in [0.2, 0.25) is 0 Å². The number of benzene rings is 1. The predicted molar refractivity (Wildman–Crippen MR) is 66.7 cm³/mol. The standard InChI is InChI=1S/C12H16ClNO3/c1-16-10-4-3-9(7-11(10)17-2)8-14-12(15)5-6-13/h3-4,7H,5-6,8H2,1-2H3,(H,14,15). The third-order valence-electron chi connectivity index (χ3n) is 2.26. The predicted octanol–water partition coefficient (Wildman–Crippen LogP) is 1.95. The third-order valence-corrected chi connectivity index (χ3v) is 2.45. The zero-order valence-corrected chi connectivity index (χ0v) is 10.7. The molecular formula is C12H16ClNO3. The highest BCUT2D eigenvalue weighted by atomic mass is 35.5. The van der Waals surface area contributed by atoms with Crippen LogP contribution in [-0.2, 0) is 11.3 Å². The molecule has 0 aliphatic carbocycles. The summed E-state index contributed by atoms with van der Waals surface area (Å²) in [6, 6.07) is 5.52. The monoisotopic (exact) mass is 257 g/mol. The molecule has 1 aromatic carbocycles. The van der Waals surface area contributed by atoms with E-state index in [0.29, 0.717) is 30.3 Å². The third kappa shape index (κ3) is 4.15. The van der Waals surface area contributed by atoms with E-state index in [4.69, 9.17) is 21.1 Å². The van der Waals surface area contributed by atoms with Gasteiger partial charge in [0.15, 0.2) is 11.5 Å². The summed E-state index contributed by atoms with van der Waals surface area (Å²) in [4.78, 5) is 11.2. The lowest BCUT2D eigenvalue weighted by Crippen LogP contribution is -2.22. The summed E-state index contributed by atoms with van der Waals surface area (Å²) in [6.45, 7) is 0.454. The second kappa shape index (κ2) is 7.01. The Bertz CT molecular complexity index is 382. The fourth-order valence-electron chi connectivity index (χ4n) is 1.37.